The molecule has 0 aromatic heterocycles. The summed E-state index contributed by atoms with van der Waals surface area (Å²) in [6.45, 7) is 1.95. The van der Waals surface area contributed by atoms with Gasteiger partial charge in [-0.15, -0.1) is 0 Å². The quantitative estimate of drug-likeness (QED) is 0.822. The van der Waals surface area contributed by atoms with Crippen molar-refractivity contribution in [1.29, 1.82) is 0 Å². The number of rotatable bonds is 7. The minimum Gasteiger partial charge on any atom is -0.495 e. The predicted molar refractivity (Wildman–Crippen MR) is 94.5 cm³/mol. The molecule has 0 aliphatic heterocycles. The maximum Gasteiger partial charge on any atom is 0.262 e. The molecule has 0 bridgehead atoms. The standard InChI is InChI=1S/C18H20ClNO4/c1-4-12-6-5-7-13(8-12)24-11-18(21)20-15-10-16(22-2)14(19)9-17(15)23-3/h5-10H,4,11H2,1-3H3,(H,20,21). The van der Waals surface area contributed by atoms with E-state index in [1.165, 1.54) is 14.2 Å². The zero-order valence-corrected chi connectivity index (χ0v) is 14.6. The van der Waals surface area contributed by atoms with E-state index in [4.69, 9.17) is 25.8 Å². The van der Waals surface area contributed by atoms with Crippen LogP contribution in [0.1, 0.15) is 12.5 Å². The van der Waals surface area contributed by atoms with Gasteiger partial charge < -0.3 is 19.5 Å². The summed E-state index contributed by atoms with van der Waals surface area (Å²) in [5.41, 5.74) is 1.62. The summed E-state index contributed by atoms with van der Waals surface area (Å²) in [6, 6.07) is 10.8. The molecule has 24 heavy (non-hydrogen) atoms. The van der Waals surface area contributed by atoms with Gasteiger partial charge in [-0.3, -0.25) is 4.79 Å². The SMILES string of the molecule is CCc1cccc(OCC(=O)Nc2cc(OC)c(Cl)cc2OC)c1. The Bertz CT molecular complexity index is 718. The second-order valence-electron chi connectivity index (χ2n) is 5.02. The highest BCUT2D eigenvalue weighted by Crippen LogP contribution is 2.35. The third-order valence-corrected chi connectivity index (χ3v) is 3.72. The van der Waals surface area contributed by atoms with Crippen molar-refractivity contribution >= 4 is 23.2 Å². The highest BCUT2D eigenvalue weighted by molar-refractivity contribution is 6.32. The van der Waals surface area contributed by atoms with Gasteiger partial charge in [-0.25, -0.2) is 0 Å². The van der Waals surface area contributed by atoms with Crippen molar-refractivity contribution in [3.63, 3.8) is 0 Å². The number of anilines is 1. The first-order valence-electron chi connectivity index (χ1n) is 7.50. The van der Waals surface area contributed by atoms with E-state index in [-0.39, 0.29) is 12.5 Å². The molecule has 0 unspecified atom stereocenters. The lowest BCUT2D eigenvalue weighted by Crippen LogP contribution is -2.20. The molecule has 5 nitrogen and oxygen atoms in total. The first kappa shape index (κ1) is 17.9. The van der Waals surface area contributed by atoms with Gasteiger partial charge in [0.2, 0.25) is 0 Å². The van der Waals surface area contributed by atoms with Crippen LogP contribution in [0.15, 0.2) is 36.4 Å². The van der Waals surface area contributed by atoms with Crippen LogP contribution in [0.3, 0.4) is 0 Å². The van der Waals surface area contributed by atoms with Crippen LogP contribution in [0.2, 0.25) is 5.02 Å². The van der Waals surface area contributed by atoms with Crippen molar-refractivity contribution in [2.45, 2.75) is 13.3 Å². The third-order valence-electron chi connectivity index (χ3n) is 3.42. The van der Waals surface area contributed by atoms with Crippen molar-refractivity contribution in [3.05, 3.63) is 47.0 Å². The Morgan fingerprint density at radius 2 is 1.88 bits per heavy atom. The van der Waals surface area contributed by atoms with E-state index in [1.807, 2.05) is 24.3 Å². The Hall–Kier alpha value is -2.40. The second-order valence-corrected chi connectivity index (χ2v) is 5.43. The smallest absolute Gasteiger partial charge is 0.262 e. The third kappa shape index (κ3) is 4.55. The maximum absolute atomic E-state index is 12.1. The fraction of sp³-hybridized carbons (Fsp3) is 0.278. The lowest BCUT2D eigenvalue weighted by atomic mass is 10.2. The van der Waals surface area contributed by atoms with Crippen LogP contribution in [-0.4, -0.2) is 26.7 Å². The van der Waals surface area contributed by atoms with Gasteiger partial charge in [-0.1, -0.05) is 30.7 Å². The van der Waals surface area contributed by atoms with Gasteiger partial charge in [0.1, 0.15) is 17.2 Å². The lowest BCUT2D eigenvalue weighted by molar-refractivity contribution is -0.118. The van der Waals surface area contributed by atoms with Crippen LogP contribution in [0.5, 0.6) is 17.2 Å². The molecule has 6 heteroatoms. The fourth-order valence-corrected chi connectivity index (χ4v) is 2.38. The molecular formula is C18H20ClNO4. The van der Waals surface area contributed by atoms with E-state index < -0.39 is 0 Å². The maximum atomic E-state index is 12.1. The van der Waals surface area contributed by atoms with Gasteiger partial charge >= 0.3 is 0 Å². The first-order chi connectivity index (χ1) is 11.6. The van der Waals surface area contributed by atoms with Crippen molar-refractivity contribution < 1.29 is 19.0 Å². The Labute approximate surface area is 146 Å². The number of carbonyl (C=O) groups excluding carboxylic acids is 1. The number of ether oxygens (including phenoxy) is 3. The normalized spacial score (nSPS) is 10.2. The Balaban J connectivity index is 2.04. The Kier molecular flexibility index (Phi) is 6.32. The zero-order chi connectivity index (χ0) is 17.5. The molecule has 0 radical (unpaired) electrons. The zero-order valence-electron chi connectivity index (χ0n) is 13.9. The Morgan fingerprint density at radius 1 is 1.12 bits per heavy atom. The molecule has 1 N–H and O–H groups in total. The predicted octanol–water partition coefficient (Wildman–Crippen LogP) is 3.94. The topological polar surface area (TPSA) is 56.8 Å². The van der Waals surface area contributed by atoms with E-state index >= 15 is 0 Å². The summed E-state index contributed by atoms with van der Waals surface area (Å²) >= 11 is 6.04. The van der Waals surface area contributed by atoms with Crippen LogP contribution < -0.4 is 19.5 Å². The highest BCUT2D eigenvalue weighted by Gasteiger charge is 2.13. The van der Waals surface area contributed by atoms with Gasteiger partial charge in [0, 0.05) is 12.1 Å². The summed E-state index contributed by atoms with van der Waals surface area (Å²) in [6.07, 6.45) is 0.908. The van der Waals surface area contributed by atoms with E-state index in [9.17, 15) is 4.79 Å². The lowest BCUT2D eigenvalue weighted by Gasteiger charge is -2.13. The molecule has 1 amide bonds. The number of hydrogen-bond donors (Lipinski definition) is 1. The largest absolute Gasteiger partial charge is 0.495 e. The molecule has 0 atom stereocenters. The monoisotopic (exact) mass is 349 g/mol. The molecule has 0 aliphatic carbocycles. The summed E-state index contributed by atoms with van der Waals surface area (Å²) in [5, 5.41) is 3.14. The molecule has 2 aromatic carbocycles. The summed E-state index contributed by atoms with van der Waals surface area (Å²) in [4.78, 5) is 12.1. The van der Waals surface area contributed by atoms with Crippen molar-refractivity contribution in [2.24, 2.45) is 0 Å². The summed E-state index contributed by atoms with van der Waals surface area (Å²) in [7, 11) is 3.00. The molecule has 2 rings (SSSR count). The van der Waals surface area contributed by atoms with Crippen LogP contribution in [-0.2, 0) is 11.2 Å². The van der Waals surface area contributed by atoms with Crippen molar-refractivity contribution in [1.82, 2.24) is 0 Å². The molecule has 0 saturated heterocycles. The number of carbonyl (C=O) groups is 1. The van der Waals surface area contributed by atoms with Gasteiger partial charge in [-0.05, 0) is 24.1 Å². The van der Waals surface area contributed by atoms with Crippen LogP contribution in [0.4, 0.5) is 5.69 Å². The number of methoxy groups -OCH3 is 2. The van der Waals surface area contributed by atoms with Gasteiger partial charge in [-0.2, -0.15) is 0 Å². The molecule has 0 aliphatic rings. The van der Waals surface area contributed by atoms with Gasteiger partial charge in [0.25, 0.3) is 5.91 Å². The number of amides is 1. The molecule has 0 spiro atoms. The van der Waals surface area contributed by atoms with E-state index in [1.54, 1.807) is 12.1 Å². The average molecular weight is 350 g/mol. The molecular weight excluding hydrogens is 330 g/mol. The second kappa shape index (κ2) is 8.45. The molecule has 128 valence electrons. The number of halogens is 1. The molecule has 0 saturated carbocycles. The van der Waals surface area contributed by atoms with Gasteiger partial charge in [0.05, 0.1) is 24.9 Å². The molecule has 2 aromatic rings. The van der Waals surface area contributed by atoms with E-state index in [0.29, 0.717) is 28.0 Å². The van der Waals surface area contributed by atoms with Crippen molar-refractivity contribution in [2.75, 3.05) is 26.1 Å². The fourth-order valence-electron chi connectivity index (χ4n) is 2.15. The number of nitrogens with one attached hydrogen (secondary N) is 1. The first-order valence-corrected chi connectivity index (χ1v) is 7.88. The number of aryl methyl sites for hydroxylation is 1. The summed E-state index contributed by atoms with van der Waals surface area (Å²) < 4.78 is 15.9. The van der Waals surface area contributed by atoms with E-state index in [0.717, 1.165) is 12.0 Å². The minimum atomic E-state index is -0.306. The van der Waals surface area contributed by atoms with Crippen molar-refractivity contribution in [3.8, 4) is 17.2 Å². The number of benzene rings is 2. The Morgan fingerprint density at radius 3 is 2.54 bits per heavy atom. The number of hydrogen-bond acceptors (Lipinski definition) is 4. The van der Waals surface area contributed by atoms with E-state index in [2.05, 4.69) is 12.2 Å². The molecule has 0 heterocycles. The summed E-state index contributed by atoms with van der Waals surface area (Å²) in [5.74, 6) is 1.25. The minimum absolute atomic E-state index is 0.110. The highest BCUT2D eigenvalue weighted by atomic mass is 35.5. The van der Waals surface area contributed by atoms with Crippen LogP contribution in [0, 0.1) is 0 Å². The average Bonchev–Trinajstić information content (AvgIpc) is 2.61. The van der Waals surface area contributed by atoms with Crippen LogP contribution >= 0.6 is 11.6 Å². The van der Waals surface area contributed by atoms with Crippen LogP contribution in [0.25, 0.3) is 0 Å². The molecule has 0 fully saturated rings. The van der Waals surface area contributed by atoms with Gasteiger partial charge in [0.15, 0.2) is 6.61 Å².